The van der Waals surface area contributed by atoms with Crippen LogP contribution in [-0.4, -0.2) is 34.5 Å². The van der Waals surface area contributed by atoms with Gasteiger partial charge < -0.3 is 10.1 Å². The molecule has 8 heteroatoms. The molecule has 146 valence electrons. The maximum absolute atomic E-state index is 13.3. The molecule has 0 heterocycles. The Bertz CT molecular complexity index is 898. The first-order valence-electron chi connectivity index (χ1n) is 8.49. The van der Waals surface area contributed by atoms with E-state index < -0.39 is 28.3 Å². The third kappa shape index (κ3) is 4.97. The number of halogens is 1. The zero-order valence-electron chi connectivity index (χ0n) is 15.5. The summed E-state index contributed by atoms with van der Waals surface area (Å²) in [6.07, 6.45) is 0.723. The summed E-state index contributed by atoms with van der Waals surface area (Å²) in [7, 11) is -2.75. The van der Waals surface area contributed by atoms with E-state index in [0.29, 0.717) is 6.54 Å². The molecular weight excluding hydrogens is 371 g/mol. The van der Waals surface area contributed by atoms with Crippen LogP contribution in [0.5, 0.6) is 5.75 Å². The summed E-state index contributed by atoms with van der Waals surface area (Å²) in [5.41, 5.74) is 0.912. The van der Waals surface area contributed by atoms with Crippen LogP contribution in [0.25, 0.3) is 0 Å². The van der Waals surface area contributed by atoms with Gasteiger partial charge >= 0.3 is 0 Å². The van der Waals surface area contributed by atoms with Crippen LogP contribution < -0.4 is 14.4 Å². The Morgan fingerprint density at radius 2 is 1.85 bits per heavy atom. The number of nitrogens with zero attached hydrogens (tertiary/aromatic N) is 1. The molecule has 0 aromatic heterocycles. The highest BCUT2D eigenvalue weighted by molar-refractivity contribution is 7.93. The SMILES string of the molecule is CCCNC(=O)CN(c1ccc(F)cc1)S(=O)(=O)c1cc(C)ccc1OC. The van der Waals surface area contributed by atoms with Gasteiger partial charge in [-0.25, -0.2) is 12.8 Å². The summed E-state index contributed by atoms with van der Waals surface area (Å²) in [5, 5.41) is 2.66. The van der Waals surface area contributed by atoms with E-state index in [-0.39, 0.29) is 16.3 Å². The maximum atomic E-state index is 13.3. The molecule has 0 unspecified atom stereocenters. The molecule has 0 aliphatic heterocycles. The number of hydrogen-bond acceptors (Lipinski definition) is 4. The Kier molecular flexibility index (Phi) is 6.79. The molecule has 6 nitrogen and oxygen atoms in total. The highest BCUT2D eigenvalue weighted by Crippen LogP contribution is 2.30. The van der Waals surface area contributed by atoms with E-state index in [9.17, 15) is 17.6 Å². The largest absolute Gasteiger partial charge is 0.495 e. The van der Waals surface area contributed by atoms with Crippen molar-refractivity contribution < 1.29 is 22.3 Å². The molecule has 2 aromatic carbocycles. The molecule has 0 aliphatic carbocycles. The molecule has 0 spiro atoms. The number of methoxy groups -OCH3 is 1. The lowest BCUT2D eigenvalue weighted by Crippen LogP contribution is -2.41. The first kappa shape index (κ1) is 20.7. The van der Waals surface area contributed by atoms with E-state index in [1.54, 1.807) is 19.1 Å². The minimum Gasteiger partial charge on any atom is -0.495 e. The third-order valence-corrected chi connectivity index (χ3v) is 5.66. The van der Waals surface area contributed by atoms with E-state index in [1.165, 1.54) is 25.3 Å². The molecule has 0 atom stereocenters. The topological polar surface area (TPSA) is 75.7 Å². The molecule has 27 heavy (non-hydrogen) atoms. The lowest BCUT2D eigenvalue weighted by atomic mass is 10.2. The van der Waals surface area contributed by atoms with Crippen molar-refractivity contribution in [1.29, 1.82) is 0 Å². The number of amides is 1. The smallest absolute Gasteiger partial charge is 0.268 e. The minimum atomic E-state index is -4.13. The predicted octanol–water partition coefficient (Wildman–Crippen LogP) is 2.86. The van der Waals surface area contributed by atoms with Crippen molar-refractivity contribution in [3.8, 4) is 5.75 Å². The summed E-state index contributed by atoms with van der Waals surface area (Å²) in [4.78, 5) is 12.2. The van der Waals surface area contributed by atoms with Crippen LogP contribution in [0.15, 0.2) is 47.4 Å². The van der Waals surface area contributed by atoms with Crippen LogP contribution in [0.4, 0.5) is 10.1 Å². The molecule has 1 N–H and O–H groups in total. The molecular formula is C19H23FN2O4S. The van der Waals surface area contributed by atoms with E-state index in [4.69, 9.17) is 4.74 Å². The number of ether oxygens (including phenoxy) is 1. The zero-order chi connectivity index (χ0) is 20.0. The summed E-state index contributed by atoms with van der Waals surface area (Å²) >= 11 is 0. The van der Waals surface area contributed by atoms with Crippen LogP contribution in [0, 0.1) is 12.7 Å². The molecule has 0 bridgehead atoms. The molecule has 2 rings (SSSR count). The molecule has 0 radical (unpaired) electrons. The number of sulfonamides is 1. The van der Waals surface area contributed by atoms with Gasteiger partial charge in [0.2, 0.25) is 5.91 Å². The van der Waals surface area contributed by atoms with Crippen LogP contribution >= 0.6 is 0 Å². The van der Waals surface area contributed by atoms with Crippen molar-refractivity contribution >= 4 is 21.6 Å². The summed E-state index contributed by atoms with van der Waals surface area (Å²) in [6, 6.07) is 9.71. The Hall–Kier alpha value is -2.61. The van der Waals surface area contributed by atoms with Crippen molar-refractivity contribution in [3.63, 3.8) is 0 Å². The van der Waals surface area contributed by atoms with Gasteiger partial charge in [-0.15, -0.1) is 0 Å². The van der Waals surface area contributed by atoms with Gasteiger partial charge in [0.05, 0.1) is 12.8 Å². The molecule has 0 aliphatic rings. The average molecular weight is 394 g/mol. The Balaban J connectivity index is 2.52. The predicted molar refractivity (Wildman–Crippen MR) is 102 cm³/mol. The van der Waals surface area contributed by atoms with Gasteiger partial charge in [0.15, 0.2) is 0 Å². The van der Waals surface area contributed by atoms with Crippen molar-refractivity contribution in [3.05, 3.63) is 53.8 Å². The normalized spacial score (nSPS) is 11.1. The monoisotopic (exact) mass is 394 g/mol. The number of hydrogen-bond donors (Lipinski definition) is 1. The molecule has 0 saturated carbocycles. The Labute approximate surface area is 159 Å². The average Bonchev–Trinajstić information content (AvgIpc) is 2.65. The van der Waals surface area contributed by atoms with Crippen molar-refractivity contribution in [2.45, 2.75) is 25.2 Å². The van der Waals surface area contributed by atoms with Gasteiger partial charge in [-0.05, 0) is 55.3 Å². The third-order valence-electron chi connectivity index (χ3n) is 3.86. The number of nitrogens with one attached hydrogen (secondary N) is 1. The van der Waals surface area contributed by atoms with Crippen LogP contribution in [0.2, 0.25) is 0 Å². The van der Waals surface area contributed by atoms with E-state index in [2.05, 4.69) is 5.32 Å². The first-order valence-corrected chi connectivity index (χ1v) is 9.93. The summed E-state index contributed by atoms with van der Waals surface area (Å²) in [5.74, 6) is -0.780. The number of rotatable bonds is 8. The van der Waals surface area contributed by atoms with Gasteiger partial charge in [-0.1, -0.05) is 13.0 Å². The highest BCUT2D eigenvalue weighted by atomic mass is 32.2. The fourth-order valence-corrected chi connectivity index (χ4v) is 4.14. The number of carbonyl (C=O) groups is 1. The Morgan fingerprint density at radius 3 is 2.44 bits per heavy atom. The highest BCUT2D eigenvalue weighted by Gasteiger charge is 2.30. The summed E-state index contributed by atoms with van der Waals surface area (Å²) in [6.45, 7) is 3.66. The minimum absolute atomic E-state index is 0.0578. The van der Waals surface area contributed by atoms with E-state index >= 15 is 0 Å². The second-order valence-corrected chi connectivity index (χ2v) is 7.82. The number of carbonyl (C=O) groups excluding carboxylic acids is 1. The molecule has 0 fully saturated rings. The van der Waals surface area contributed by atoms with Gasteiger partial charge in [0, 0.05) is 6.54 Å². The molecule has 2 aromatic rings. The quantitative estimate of drug-likeness (QED) is 0.747. The van der Waals surface area contributed by atoms with Crippen LogP contribution in [0.3, 0.4) is 0 Å². The van der Waals surface area contributed by atoms with Gasteiger partial charge in [-0.2, -0.15) is 0 Å². The fourth-order valence-electron chi connectivity index (χ4n) is 2.48. The van der Waals surface area contributed by atoms with Gasteiger partial charge in [0.25, 0.3) is 10.0 Å². The number of aryl methyl sites for hydroxylation is 1. The zero-order valence-corrected chi connectivity index (χ0v) is 16.3. The van der Waals surface area contributed by atoms with Crippen molar-refractivity contribution in [1.82, 2.24) is 5.32 Å². The van der Waals surface area contributed by atoms with Crippen LogP contribution in [-0.2, 0) is 14.8 Å². The second-order valence-electron chi connectivity index (χ2n) is 5.99. The first-order chi connectivity index (χ1) is 12.8. The molecule has 1 amide bonds. The Morgan fingerprint density at radius 1 is 1.19 bits per heavy atom. The van der Waals surface area contributed by atoms with E-state index in [0.717, 1.165) is 28.4 Å². The standard InChI is InChI=1S/C19H23FN2O4S/c1-4-11-21-19(23)13-22(16-8-6-15(20)7-9-16)27(24,25)18-12-14(2)5-10-17(18)26-3/h5-10,12H,4,11,13H2,1-3H3,(H,21,23). The number of anilines is 1. The lowest BCUT2D eigenvalue weighted by Gasteiger charge is -2.25. The fraction of sp³-hybridized carbons (Fsp3) is 0.316. The van der Waals surface area contributed by atoms with Gasteiger partial charge in [0.1, 0.15) is 23.0 Å². The second kappa shape index (κ2) is 8.85. The molecule has 0 saturated heterocycles. The number of benzene rings is 2. The van der Waals surface area contributed by atoms with Crippen molar-refractivity contribution in [2.24, 2.45) is 0 Å². The van der Waals surface area contributed by atoms with E-state index in [1.807, 2.05) is 6.92 Å². The van der Waals surface area contributed by atoms with Crippen LogP contribution in [0.1, 0.15) is 18.9 Å². The summed E-state index contributed by atoms with van der Waals surface area (Å²) < 4.78 is 46.1. The maximum Gasteiger partial charge on any atom is 0.268 e. The van der Waals surface area contributed by atoms with Crippen molar-refractivity contribution in [2.75, 3.05) is 24.5 Å². The lowest BCUT2D eigenvalue weighted by molar-refractivity contribution is -0.119. The van der Waals surface area contributed by atoms with Gasteiger partial charge in [-0.3, -0.25) is 9.10 Å².